The highest BCUT2D eigenvalue weighted by atomic mass is 16.5. The standard InChI is InChI=1S/C14H30N2O2/c1-12-6-8-16(11-14(12)18-4)13(2)10-15-7-5-9-17-3/h12-15H,5-11H2,1-4H3. The number of piperidine rings is 1. The van der Waals surface area contributed by atoms with Crippen LogP contribution in [0.15, 0.2) is 0 Å². The van der Waals surface area contributed by atoms with Gasteiger partial charge in [0.1, 0.15) is 0 Å². The van der Waals surface area contributed by atoms with E-state index in [0.717, 1.165) is 32.7 Å². The number of likely N-dealkylation sites (tertiary alicyclic amines) is 1. The van der Waals surface area contributed by atoms with Crippen LogP contribution in [-0.4, -0.2) is 64.1 Å². The predicted molar refractivity (Wildman–Crippen MR) is 75.0 cm³/mol. The minimum Gasteiger partial charge on any atom is -0.385 e. The van der Waals surface area contributed by atoms with E-state index in [2.05, 4.69) is 24.1 Å². The SMILES string of the molecule is COCCCNCC(C)N1CCC(C)C(OC)C1. The fraction of sp³-hybridized carbons (Fsp3) is 1.00. The van der Waals surface area contributed by atoms with E-state index in [1.165, 1.54) is 13.0 Å². The molecule has 0 aromatic carbocycles. The van der Waals surface area contributed by atoms with E-state index in [-0.39, 0.29) is 0 Å². The Kier molecular flexibility index (Phi) is 7.82. The highest BCUT2D eigenvalue weighted by Crippen LogP contribution is 2.20. The Morgan fingerprint density at radius 3 is 2.83 bits per heavy atom. The first-order valence-corrected chi connectivity index (χ1v) is 7.15. The molecule has 1 N–H and O–H groups in total. The molecule has 1 rings (SSSR count). The molecule has 1 aliphatic heterocycles. The quantitative estimate of drug-likeness (QED) is 0.667. The molecule has 108 valence electrons. The van der Waals surface area contributed by atoms with Crippen molar-refractivity contribution >= 4 is 0 Å². The molecule has 1 fully saturated rings. The number of hydrogen-bond donors (Lipinski definition) is 1. The number of nitrogens with one attached hydrogen (secondary N) is 1. The van der Waals surface area contributed by atoms with E-state index in [0.29, 0.717) is 18.1 Å². The Morgan fingerprint density at radius 1 is 1.39 bits per heavy atom. The molecule has 4 nitrogen and oxygen atoms in total. The van der Waals surface area contributed by atoms with Crippen LogP contribution in [0.5, 0.6) is 0 Å². The predicted octanol–water partition coefficient (Wildman–Crippen LogP) is 1.36. The fourth-order valence-corrected chi connectivity index (χ4v) is 2.55. The van der Waals surface area contributed by atoms with Gasteiger partial charge in [-0.25, -0.2) is 0 Å². The second kappa shape index (κ2) is 8.86. The average Bonchev–Trinajstić information content (AvgIpc) is 2.38. The minimum absolute atomic E-state index is 0.398. The summed E-state index contributed by atoms with van der Waals surface area (Å²) in [5.74, 6) is 0.688. The maximum Gasteiger partial charge on any atom is 0.0724 e. The van der Waals surface area contributed by atoms with Crippen LogP contribution in [0.4, 0.5) is 0 Å². The van der Waals surface area contributed by atoms with E-state index >= 15 is 0 Å². The molecule has 4 heteroatoms. The van der Waals surface area contributed by atoms with Gasteiger partial charge in [0.25, 0.3) is 0 Å². The molecular weight excluding hydrogens is 228 g/mol. The molecule has 0 aromatic heterocycles. The van der Waals surface area contributed by atoms with Gasteiger partial charge in [0.15, 0.2) is 0 Å². The van der Waals surface area contributed by atoms with Gasteiger partial charge in [-0.15, -0.1) is 0 Å². The van der Waals surface area contributed by atoms with E-state index in [4.69, 9.17) is 9.47 Å². The van der Waals surface area contributed by atoms with Crippen LogP contribution in [0.3, 0.4) is 0 Å². The molecule has 0 bridgehead atoms. The lowest BCUT2D eigenvalue weighted by atomic mass is 9.95. The number of nitrogens with zero attached hydrogens (tertiary/aromatic N) is 1. The molecule has 0 amide bonds. The van der Waals surface area contributed by atoms with Gasteiger partial charge in [0.2, 0.25) is 0 Å². The maximum absolute atomic E-state index is 5.56. The van der Waals surface area contributed by atoms with Crippen molar-refractivity contribution in [2.24, 2.45) is 5.92 Å². The van der Waals surface area contributed by atoms with Crippen LogP contribution >= 0.6 is 0 Å². The summed E-state index contributed by atoms with van der Waals surface area (Å²) in [7, 11) is 3.58. The first-order chi connectivity index (χ1) is 8.69. The highest BCUT2D eigenvalue weighted by Gasteiger charge is 2.28. The van der Waals surface area contributed by atoms with Crippen LogP contribution in [0.25, 0.3) is 0 Å². The molecule has 0 aliphatic carbocycles. The average molecular weight is 258 g/mol. The molecular formula is C14H30N2O2. The molecule has 3 atom stereocenters. The zero-order chi connectivity index (χ0) is 13.4. The molecule has 0 saturated carbocycles. The second-order valence-corrected chi connectivity index (χ2v) is 5.43. The van der Waals surface area contributed by atoms with E-state index < -0.39 is 0 Å². The molecule has 0 spiro atoms. The molecule has 0 aromatic rings. The van der Waals surface area contributed by atoms with Crippen molar-refractivity contribution in [1.29, 1.82) is 0 Å². The number of ether oxygens (including phenoxy) is 2. The van der Waals surface area contributed by atoms with Gasteiger partial charge in [-0.3, -0.25) is 4.90 Å². The van der Waals surface area contributed by atoms with Gasteiger partial charge >= 0.3 is 0 Å². The Morgan fingerprint density at radius 2 is 2.17 bits per heavy atom. The zero-order valence-corrected chi connectivity index (χ0v) is 12.4. The van der Waals surface area contributed by atoms with Crippen molar-refractivity contribution in [2.75, 3.05) is 47.0 Å². The third-order valence-electron chi connectivity index (χ3n) is 3.99. The van der Waals surface area contributed by atoms with Crippen molar-refractivity contribution in [3.05, 3.63) is 0 Å². The molecule has 18 heavy (non-hydrogen) atoms. The normalized spacial score (nSPS) is 27.3. The molecule has 1 saturated heterocycles. The Balaban J connectivity index is 2.18. The van der Waals surface area contributed by atoms with E-state index in [1.807, 2.05) is 7.11 Å². The van der Waals surface area contributed by atoms with Gasteiger partial charge in [-0.05, 0) is 38.8 Å². The van der Waals surface area contributed by atoms with Crippen LogP contribution in [0, 0.1) is 5.92 Å². The largest absolute Gasteiger partial charge is 0.385 e. The van der Waals surface area contributed by atoms with E-state index in [1.54, 1.807) is 7.11 Å². The lowest BCUT2D eigenvalue weighted by Crippen LogP contribution is -2.50. The Hall–Kier alpha value is -0.160. The Labute approximate surface area is 112 Å². The number of rotatable bonds is 8. The molecule has 3 unspecified atom stereocenters. The van der Waals surface area contributed by atoms with Crippen molar-refractivity contribution in [1.82, 2.24) is 10.2 Å². The summed E-state index contributed by atoms with van der Waals surface area (Å²) in [4.78, 5) is 2.54. The van der Waals surface area contributed by atoms with E-state index in [9.17, 15) is 0 Å². The Bertz CT molecular complexity index is 214. The van der Waals surface area contributed by atoms with Gasteiger partial charge < -0.3 is 14.8 Å². The van der Waals surface area contributed by atoms with Crippen molar-refractivity contribution in [2.45, 2.75) is 38.8 Å². The smallest absolute Gasteiger partial charge is 0.0724 e. The van der Waals surface area contributed by atoms with Gasteiger partial charge in [0.05, 0.1) is 6.10 Å². The summed E-state index contributed by atoms with van der Waals surface area (Å²) in [6.07, 6.45) is 2.72. The third kappa shape index (κ3) is 5.22. The molecule has 0 radical (unpaired) electrons. The van der Waals surface area contributed by atoms with Crippen molar-refractivity contribution < 1.29 is 9.47 Å². The summed E-state index contributed by atoms with van der Waals surface area (Å²) in [6, 6.07) is 0.581. The first kappa shape index (κ1) is 15.9. The second-order valence-electron chi connectivity index (χ2n) is 5.43. The van der Waals surface area contributed by atoms with Crippen molar-refractivity contribution in [3.8, 4) is 0 Å². The summed E-state index contributed by atoms with van der Waals surface area (Å²) in [5.41, 5.74) is 0. The fourth-order valence-electron chi connectivity index (χ4n) is 2.55. The first-order valence-electron chi connectivity index (χ1n) is 7.15. The van der Waals surface area contributed by atoms with Crippen LogP contribution in [0.1, 0.15) is 26.7 Å². The van der Waals surface area contributed by atoms with Crippen LogP contribution < -0.4 is 5.32 Å². The van der Waals surface area contributed by atoms with Crippen LogP contribution in [-0.2, 0) is 9.47 Å². The van der Waals surface area contributed by atoms with Gasteiger partial charge in [0, 0.05) is 40.0 Å². The topological polar surface area (TPSA) is 33.7 Å². The third-order valence-corrected chi connectivity index (χ3v) is 3.99. The summed E-state index contributed by atoms with van der Waals surface area (Å²) >= 11 is 0. The monoisotopic (exact) mass is 258 g/mol. The molecule has 1 aliphatic rings. The highest BCUT2D eigenvalue weighted by molar-refractivity contribution is 4.82. The summed E-state index contributed by atoms with van der Waals surface area (Å²) in [6.45, 7) is 9.78. The van der Waals surface area contributed by atoms with Crippen LogP contribution in [0.2, 0.25) is 0 Å². The summed E-state index contributed by atoms with van der Waals surface area (Å²) < 4.78 is 10.6. The van der Waals surface area contributed by atoms with Crippen molar-refractivity contribution in [3.63, 3.8) is 0 Å². The maximum atomic E-state index is 5.56. The molecule has 1 heterocycles. The minimum atomic E-state index is 0.398. The van der Waals surface area contributed by atoms with Gasteiger partial charge in [-0.2, -0.15) is 0 Å². The summed E-state index contributed by atoms with van der Waals surface area (Å²) in [5, 5.41) is 3.50. The van der Waals surface area contributed by atoms with Gasteiger partial charge in [-0.1, -0.05) is 6.92 Å². The lowest BCUT2D eigenvalue weighted by Gasteiger charge is -2.39. The lowest BCUT2D eigenvalue weighted by molar-refractivity contribution is -0.0164. The zero-order valence-electron chi connectivity index (χ0n) is 12.4. The number of methoxy groups -OCH3 is 2. The number of hydrogen-bond acceptors (Lipinski definition) is 4.